The number of benzene rings is 3. The molecule has 2 amide bonds. The van der Waals surface area contributed by atoms with Gasteiger partial charge in [0.1, 0.15) is 0 Å². The number of piperazine rings is 1. The summed E-state index contributed by atoms with van der Waals surface area (Å²) in [5.74, 6) is -2.01. The number of carbonyl (C=O) groups is 2. The third-order valence-corrected chi connectivity index (χ3v) is 5.33. The molecule has 160 valence electrons. The summed E-state index contributed by atoms with van der Waals surface area (Å²) in [6.07, 6.45) is -4.84. The molecule has 1 heterocycles. The summed E-state index contributed by atoms with van der Waals surface area (Å²) >= 11 is 0. The summed E-state index contributed by atoms with van der Waals surface area (Å²) in [7, 11) is 0. The van der Waals surface area contributed by atoms with Gasteiger partial charge in [0, 0.05) is 43.1 Å². The second kappa shape index (κ2) is 8.29. The lowest BCUT2D eigenvalue weighted by Crippen LogP contribution is -2.52. The first kappa shape index (κ1) is 20.7. The van der Waals surface area contributed by atoms with E-state index in [4.69, 9.17) is 0 Å². The number of hydrogen-bond donors (Lipinski definition) is 1. The van der Waals surface area contributed by atoms with Gasteiger partial charge in [-0.05, 0) is 41.1 Å². The molecule has 1 N–H and O–H groups in total. The molecule has 1 aliphatic rings. The van der Waals surface area contributed by atoms with E-state index in [2.05, 4.69) is 5.32 Å². The maximum absolute atomic E-state index is 12.7. The Labute approximate surface area is 177 Å². The van der Waals surface area contributed by atoms with E-state index in [1.54, 1.807) is 30.3 Å². The van der Waals surface area contributed by atoms with Crippen molar-refractivity contribution in [1.29, 1.82) is 0 Å². The van der Waals surface area contributed by atoms with Gasteiger partial charge in [0.2, 0.25) is 0 Å². The minimum atomic E-state index is -4.84. The molecule has 0 unspecified atom stereocenters. The predicted molar refractivity (Wildman–Crippen MR) is 113 cm³/mol. The van der Waals surface area contributed by atoms with Crippen molar-refractivity contribution in [3.8, 4) is 0 Å². The molecule has 0 radical (unpaired) electrons. The molecule has 1 saturated heterocycles. The molecule has 0 saturated carbocycles. The molecule has 3 aromatic carbocycles. The van der Waals surface area contributed by atoms with Crippen LogP contribution in [0.4, 0.5) is 24.5 Å². The molecule has 31 heavy (non-hydrogen) atoms. The van der Waals surface area contributed by atoms with E-state index in [-0.39, 0.29) is 19.0 Å². The number of nitrogens with one attached hydrogen (secondary N) is 1. The zero-order valence-electron chi connectivity index (χ0n) is 16.5. The SMILES string of the molecule is O=C(Nc1ccc(N2CCN(C(=O)C(F)(F)F)CC2)cc1)c1cccc2ccccc12. The van der Waals surface area contributed by atoms with Crippen LogP contribution in [0.1, 0.15) is 10.4 Å². The predicted octanol–water partition coefficient (Wildman–Crippen LogP) is 4.30. The number of rotatable bonds is 3. The molecule has 0 aliphatic carbocycles. The van der Waals surface area contributed by atoms with E-state index in [0.29, 0.717) is 24.3 Å². The monoisotopic (exact) mass is 427 g/mol. The van der Waals surface area contributed by atoms with Crippen LogP contribution < -0.4 is 10.2 Å². The molecular weight excluding hydrogens is 407 g/mol. The number of halogens is 3. The normalized spacial score (nSPS) is 14.5. The molecule has 5 nitrogen and oxygen atoms in total. The van der Waals surface area contributed by atoms with Crippen molar-refractivity contribution in [2.24, 2.45) is 0 Å². The average Bonchev–Trinajstić information content (AvgIpc) is 2.78. The molecule has 3 aromatic rings. The Morgan fingerprint density at radius 3 is 2.13 bits per heavy atom. The van der Waals surface area contributed by atoms with Crippen LogP contribution in [0, 0.1) is 0 Å². The number of fused-ring (bicyclic) bond motifs is 1. The Morgan fingerprint density at radius 2 is 1.45 bits per heavy atom. The van der Waals surface area contributed by atoms with Crippen molar-refractivity contribution in [2.45, 2.75) is 6.18 Å². The number of hydrogen-bond acceptors (Lipinski definition) is 3. The maximum Gasteiger partial charge on any atom is 0.471 e. The van der Waals surface area contributed by atoms with Crippen LogP contribution in [0.25, 0.3) is 10.8 Å². The zero-order chi connectivity index (χ0) is 22.0. The lowest BCUT2D eigenvalue weighted by atomic mass is 10.0. The molecule has 8 heteroatoms. The van der Waals surface area contributed by atoms with E-state index < -0.39 is 12.1 Å². The Kier molecular flexibility index (Phi) is 5.54. The van der Waals surface area contributed by atoms with Gasteiger partial charge in [-0.15, -0.1) is 0 Å². The fourth-order valence-electron chi connectivity index (χ4n) is 3.72. The van der Waals surface area contributed by atoms with Crippen LogP contribution in [-0.2, 0) is 4.79 Å². The molecule has 4 rings (SSSR count). The lowest BCUT2D eigenvalue weighted by Gasteiger charge is -2.36. The van der Waals surface area contributed by atoms with Gasteiger partial charge < -0.3 is 15.1 Å². The van der Waals surface area contributed by atoms with Gasteiger partial charge in [-0.25, -0.2) is 0 Å². The third-order valence-electron chi connectivity index (χ3n) is 5.33. The van der Waals surface area contributed by atoms with Gasteiger partial charge in [0.05, 0.1) is 0 Å². The third kappa shape index (κ3) is 4.47. The van der Waals surface area contributed by atoms with E-state index >= 15 is 0 Å². The van der Waals surface area contributed by atoms with E-state index in [9.17, 15) is 22.8 Å². The van der Waals surface area contributed by atoms with E-state index in [1.807, 2.05) is 41.3 Å². The summed E-state index contributed by atoms with van der Waals surface area (Å²) in [4.78, 5) is 26.8. The van der Waals surface area contributed by atoms with Gasteiger partial charge in [-0.1, -0.05) is 36.4 Å². The van der Waals surface area contributed by atoms with Crippen molar-refractivity contribution in [1.82, 2.24) is 4.90 Å². The number of nitrogens with zero attached hydrogens (tertiary/aromatic N) is 2. The van der Waals surface area contributed by atoms with Crippen molar-refractivity contribution in [3.05, 3.63) is 72.3 Å². The Bertz CT molecular complexity index is 1100. The number of alkyl halides is 3. The number of amides is 2. The summed E-state index contributed by atoms with van der Waals surface area (Å²) in [6.45, 7) is 0.642. The van der Waals surface area contributed by atoms with E-state index in [0.717, 1.165) is 21.4 Å². The quantitative estimate of drug-likeness (QED) is 0.678. The van der Waals surface area contributed by atoms with E-state index in [1.165, 1.54) is 0 Å². The van der Waals surface area contributed by atoms with Gasteiger partial charge in [-0.2, -0.15) is 13.2 Å². The van der Waals surface area contributed by atoms with Crippen molar-refractivity contribution >= 4 is 34.0 Å². The summed E-state index contributed by atoms with van der Waals surface area (Å²) in [5, 5.41) is 4.73. The minimum Gasteiger partial charge on any atom is -0.368 e. The first-order valence-electron chi connectivity index (χ1n) is 9.83. The summed E-state index contributed by atoms with van der Waals surface area (Å²) in [5.41, 5.74) is 2.02. The highest BCUT2D eigenvalue weighted by Gasteiger charge is 2.43. The van der Waals surface area contributed by atoms with Crippen LogP contribution in [0.15, 0.2) is 66.7 Å². The fourth-order valence-corrected chi connectivity index (χ4v) is 3.72. The number of anilines is 2. The second-order valence-electron chi connectivity index (χ2n) is 7.30. The van der Waals surface area contributed by atoms with Crippen LogP contribution >= 0.6 is 0 Å². The average molecular weight is 427 g/mol. The first-order chi connectivity index (χ1) is 14.8. The summed E-state index contributed by atoms with van der Waals surface area (Å²) in [6, 6.07) is 20.3. The highest BCUT2D eigenvalue weighted by atomic mass is 19.4. The molecule has 1 aliphatic heterocycles. The smallest absolute Gasteiger partial charge is 0.368 e. The first-order valence-corrected chi connectivity index (χ1v) is 9.83. The molecule has 0 atom stereocenters. The Balaban J connectivity index is 1.40. The van der Waals surface area contributed by atoms with Crippen LogP contribution in [0.2, 0.25) is 0 Å². The van der Waals surface area contributed by atoms with Gasteiger partial charge in [-0.3, -0.25) is 9.59 Å². The maximum atomic E-state index is 12.7. The standard InChI is InChI=1S/C23H20F3N3O2/c24-23(25,26)22(31)29-14-12-28(13-15-29)18-10-8-17(9-11-18)27-21(30)20-7-3-5-16-4-1-2-6-19(16)20/h1-11H,12-15H2,(H,27,30). The number of carbonyl (C=O) groups excluding carboxylic acids is 2. The summed E-state index contributed by atoms with van der Waals surface area (Å²) < 4.78 is 37.7. The zero-order valence-corrected chi connectivity index (χ0v) is 16.5. The molecule has 0 bridgehead atoms. The Hall–Kier alpha value is -3.55. The molecule has 0 aromatic heterocycles. The molecule has 1 fully saturated rings. The van der Waals surface area contributed by atoms with Gasteiger partial charge >= 0.3 is 12.1 Å². The van der Waals surface area contributed by atoms with Crippen molar-refractivity contribution in [2.75, 3.05) is 36.4 Å². The van der Waals surface area contributed by atoms with Crippen LogP contribution in [0.3, 0.4) is 0 Å². The van der Waals surface area contributed by atoms with Crippen molar-refractivity contribution < 1.29 is 22.8 Å². The Morgan fingerprint density at radius 1 is 0.806 bits per heavy atom. The molecular formula is C23H20F3N3O2. The molecule has 0 spiro atoms. The highest BCUT2D eigenvalue weighted by molar-refractivity contribution is 6.12. The van der Waals surface area contributed by atoms with Crippen LogP contribution in [0.5, 0.6) is 0 Å². The highest BCUT2D eigenvalue weighted by Crippen LogP contribution is 2.24. The largest absolute Gasteiger partial charge is 0.471 e. The van der Waals surface area contributed by atoms with Crippen molar-refractivity contribution in [3.63, 3.8) is 0 Å². The van der Waals surface area contributed by atoms with Gasteiger partial charge in [0.15, 0.2) is 0 Å². The van der Waals surface area contributed by atoms with Crippen LogP contribution in [-0.4, -0.2) is 49.1 Å². The van der Waals surface area contributed by atoms with Gasteiger partial charge in [0.25, 0.3) is 5.91 Å². The minimum absolute atomic E-state index is 0.0118. The fraction of sp³-hybridized carbons (Fsp3) is 0.217. The second-order valence-corrected chi connectivity index (χ2v) is 7.30. The topological polar surface area (TPSA) is 52.7 Å². The lowest BCUT2D eigenvalue weighted by molar-refractivity contribution is -0.185.